The quantitative estimate of drug-likeness (QED) is 0.427. The number of aromatic nitrogens is 1. The molecule has 0 unspecified atom stereocenters. The van der Waals surface area contributed by atoms with Crippen LogP contribution in [-0.4, -0.2) is 18.3 Å². The summed E-state index contributed by atoms with van der Waals surface area (Å²) in [5, 5.41) is 12.6. The molecule has 0 fully saturated rings. The van der Waals surface area contributed by atoms with Crippen LogP contribution in [0.25, 0.3) is 0 Å². The Morgan fingerprint density at radius 1 is 1.40 bits per heavy atom. The average molecular weight is 315 g/mol. The summed E-state index contributed by atoms with van der Waals surface area (Å²) in [7, 11) is -3.94. The number of benzene rings is 1. The second-order valence-corrected chi connectivity index (χ2v) is 6.10. The van der Waals surface area contributed by atoms with Crippen molar-refractivity contribution in [1.82, 2.24) is 4.98 Å². The van der Waals surface area contributed by atoms with Gasteiger partial charge in [-0.1, -0.05) is 0 Å². The van der Waals surface area contributed by atoms with Crippen molar-refractivity contribution in [2.45, 2.75) is 4.90 Å². The molecule has 0 saturated heterocycles. The van der Waals surface area contributed by atoms with Gasteiger partial charge in [0.15, 0.2) is 5.13 Å². The summed E-state index contributed by atoms with van der Waals surface area (Å²) in [5.74, 6) is 5.13. The van der Waals surface area contributed by atoms with Crippen LogP contribution in [0.15, 0.2) is 34.7 Å². The summed E-state index contributed by atoms with van der Waals surface area (Å²) in [6, 6.07) is 3.35. The number of hydrogen-bond acceptors (Lipinski definition) is 8. The highest BCUT2D eigenvalue weighted by Crippen LogP contribution is 2.27. The Morgan fingerprint density at radius 3 is 2.70 bits per heavy atom. The third kappa shape index (κ3) is 2.84. The first-order valence-electron chi connectivity index (χ1n) is 5.11. The van der Waals surface area contributed by atoms with Gasteiger partial charge in [-0.2, -0.15) is 0 Å². The van der Waals surface area contributed by atoms with Gasteiger partial charge in [0.2, 0.25) is 0 Å². The number of anilines is 2. The standard InChI is InChI=1S/C9H9N5O4S2/c10-12-7-2-1-6(5-8(7)14(15)16)20(17,18)13-9-11-3-4-19-9/h1-5,12H,10H2,(H,11,13). The zero-order valence-corrected chi connectivity index (χ0v) is 11.4. The normalized spacial score (nSPS) is 11.1. The molecule has 4 N–H and O–H groups in total. The molecule has 0 radical (unpaired) electrons. The van der Waals surface area contributed by atoms with Crippen LogP contribution in [0.4, 0.5) is 16.5 Å². The predicted molar refractivity (Wildman–Crippen MR) is 73.8 cm³/mol. The Kier molecular flexibility index (Phi) is 3.83. The van der Waals surface area contributed by atoms with Gasteiger partial charge in [-0.05, 0) is 12.1 Å². The fourth-order valence-electron chi connectivity index (χ4n) is 1.40. The molecule has 0 aliphatic heterocycles. The Bertz CT molecular complexity index is 729. The van der Waals surface area contributed by atoms with Crippen LogP contribution < -0.4 is 16.0 Å². The number of nitrogen functional groups attached to an aromatic ring is 1. The minimum Gasteiger partial charge on any atom is -0.318 e. The van der Waals surface area contributed by atoms with Gasteiger partial charge in [-0.25, -0.2) is 13.4 Å². The highest BCUT2D eigenvalue weighted by atomic mass is 32.2. The summed E-state index contributed by atoms with van der Waals surface area (Å²) in [4.78, 5) is 13.7. The molecule has 1 aromatic carbocycles. The van der Waals surface area contributed by atoms with E-state index in [2.05, 4.69) is 15.1 Å². The maximum Gasteiger partial charge on any atom is 0.295 e. The molecular formula is C9H9N5O4S2. The topological polar surface area (TPSA) is 140 Å². The van der Waals surface area contributed by atoms with E-state index >= 15 is 0 Å². The molecule has 0 aliphatic carbocycles. The van der Waals surface area contributed by atoms with E-state index in [1.807, 2.05) is 0 Å². The van der Waals surface area contributed by atoms with Crippen molar-refractivity contribution in [3.8, 4) is 0 Å². The Hall–Kier alpha value is -2.24. The van der Waals surface area contributed by atoms with Gasteiger partial charge in [-0.3, -0.25) is 20.7 Å². The van der Waals surface area contributed by atoms with Crippen molar-refractivity contribution in [2.75, 3.05) is 10.1 Å². The van der Waals surface area contributed by atoms with Crippen molar-refractivity contribution in [3.63, 3.8) is 0 Å². The lowest BCUT2D eigenvalue weighted by atomic mass is 10.3. The average Bonchev–Trinajstić information content (AvgIpc) is 2.89. The lowest BCUT2D eigenvalue weighted by Gasteiger charge is -2.07. The number of nitrogens with two attached hydrogens (primary N) is 1. The number of rotatable bonds is 5. The molecule has 20 heavy (non-hydrogen) atoms. The van der Waals surface area contributed by atoms with Crippen LogP contribution in [0.5, 0.6) is 0 Å². The maximum atomic E-state index is 12.1. The highest BCUT2D eigenvalue weighted by Gasteiger charge is 2.21. The van der Waals surface area contributed by atoms with Crippen molar-refractivity contribution in [1.29, 1.82) is 0 Å². The molecule has 0 bridgehead atoms. The molecule has 106 valence electrons. The van der Waals surface area contributed by atoms with Crippen LogP contribution in [0, 0.1) is 10.1 Å². The first-order valence-corrected chi connectivity index (χ1v) is 7.47. The fraction of sp³-hybridized carbons (Fsp3) is 0. The zero-order valence-electron chi connectivity index (χ0n) is 9.81. The summed E-state index contributed by atoms with van der Waals surface area (Å²) in [6.45, 7) is 0. The largest absolute Gasteiger partial charge is 0.318 e. The monoisotopic (exact) mass is 315 g/mol. The molecule has 2 aromatic rings. The van der Waals surface area contributed by atoms with Gasteiger partial charge in [0.25, 0.3) is 15.7 Å². The number of nitrogens with zero attached hydrogens (tertiary/aromatic N) is 2. The van der Waals surface area contributed by atoms with Crippen molar-refractivity contribution < 1.29 is 13.3 Å². The maximum absolute atomic E-state index is 12.1. The molecule has 0 aliphatic rings. The fourth-order valence-corrected chi connectivity index (χ4v) is 3.21. The van der Waals surface area contributed by atoms with Gasteiger partial charge in [0, 0.05) is 17.6 Å². The van der Waals surface area contributed by atoms with Gasteiger partial charge >= 0.3 is 0 Å². The van der Waals surface area contributed by atoms with Crippen molar-refractivity contribution >= 4 is 37.9 Å². The number of hydrazine groups is 1. The second-order valence-electron chi connectivity index (χ2n) is 3.52. The van der Waals surface area contributed by atoms with E-state index in [0.717, 1.165) is 17.4 Å². The molecule has 9 nitrogen and oxygen atoms in total. The second kappa shape index (κ2) is 5.40. The number of hydrogen-bond donors (Lipinski definition) is 3. The lowest BCUT2D eigenvalue weighted by Crippen LogP contribution is -2.14. The molecule has 1 heterocycles. The van der Waals surface area contributed by atoms with Crippen LogP contribution >= 0.6 is 11.3 Å². The molecule has 1 aromatic heterocycles. The number of thiazole rings is 1. The van der Waals surface area contributed by atoms with Gasteiger partial charge in [-0.15, -0.1) is 11.3 Å². The molecule has 0 atom stereocenters. The smallest absolute Gasteiger partial charge is 0.295 e. The van der Waals surface area contributed by atoms with Gasteiger partial charge in [0.1, 0.15) is 5.69 Å². The molecule has 0 amide bonds. The first-order chi connectivity index (χ1) is 9.44. The SMILES string of the molecule is NNc1ccc(S(=O)(=O)Nc2nccs2)cc1[N+](=O)[O-]. The Labute approximate surface area is 117 Å². The summed E-state index contributed by atoms with van der Waals surface area (Å²) in [6.07, 6.45) is 1.44. The van der Waals surface area contributed by atoms with E-state index in [9.17, 15) is 18.5 Å². The molecule has 0 spiro atoms. The van der Waals surface area contributed by atoms with E-state index in [1.54, 1.807) is 5.38 Å². The van der Waals surface area contributed by atoms with Gasteiger partial charge in [0.05, 0.1) is 9.82 Å². The predicted octanol–water partition coefficient (Wildman–Crippen LogP) is 1.14. The minimum atomic E-state index is -3.94. The third-order valence-corrected chi connectivity index (χ3v) is 4.44. The van der Waals surface area contributed by atoms with Crippen LogP contribution in [-0.2, 0) is 10.0 Å². The molecule has 11 heteroatoms. The molecule has 2 rings (SSSR count). The Balaban J connectivity index is 2.42. The third-order valence-electron chi connectivity index (χ3n) is 2.29. The summed E-state index contributed by atoms with van der Waals surface area (Å²) < 4.78 is 26.3. The van der Waals surface area contributed by atoms with E-state index in [0.29, 0.717) is 0 Å². The van der Waals surface area contributed by atoms with Crippen LogP contribution in [0.3, 0.4) is 0 Å². The van der Waals surface area contributed by atoms with Crippen LogP contribution in [0.2, 0.25) is 0 Å². The van der Waals surface area contributed by atoms with Gasteiger partial charge < -0.3 is 5.43 Å². The molecular weight excluding hydrogens is 306 g/mol. The van der Waals surface area contributed by atoms with E-state index in [4.69, 9.17) is 5.84 Å². The number of nitro benzene ring substituents is 1. The van der Waals surface area contributed by atoms with Crippen molar-refractivity contribution in [3.05, 3.63) is 39.9 Å². The first kappa shape index (κ1) is 14.2. The van der Waals surface area contributed by atoms with E-state index in [-0.39, 0.29) is 15.7 Å². The zero-order chi connectivity index (χ0) is 14.8. The van der Waals surface area contributed by atoms with Crippen molar-refractivity contribution in [2.24, 2.45) is 5.84 Å². The number of nitrogens with one attached hydrogen (secondary N) is 2. The number of sulfonamides is 1. The van der Waals surface area contributed by atoms with E-state index in [1.165, 1.54) is 18.3 Å². The lowest BCUT2D eigenvalue weighted by molar-refractivity contribution is -0.384. The van der Waals surface area contributed by atoms with E-state index < -0.39 is 20.6 Å². The highest BCUT2D eigenvalue weighted by molar-refractivity contribution is 7.93. The number of nitro groups is 1. The molecule has 0 saturated carbocycles. The summed E-state index contributed by atoms with van der Waals surface area (Å²) >= 11 is 1.10. The Morgan fingerprint density at radius 2 is 2.15 bits per heavy atom. The van der Waals surface area contributed by atoms with Crippen LogP contribution in [0.1, 0.15) is 0 Å². The summed E-state index contributed by atoms with van der Waals surface area (Å²) in [5.41, 5.74) is 1.72. The minimum absolute atomic E-state index is 0.0169.